The highest BCUT2D eigenvalue weighted by molar-refractivity contribution is 7.55. The number of benzene rings is 5. The molecule has 0 saturated carbocycles. The smallest absolute Gasteiger partial charge is 0.405 e. The lowest BCUT2D eigenvalue weighted by atomic mass is 10.1. The molecule has 15 N–H and O–H groups in total. The summed E-state index contributed by atoms with van der Waals surface area (Å²) in [7, 11) is -15.5. The van der Waals surface area contributed by atoms with E-state index in [9.17, 15) is 46.8 Å². The number of imidazole rings is 5. The number of anilines is 5. The fourth-order valence-electron chi connectivity index (χ4n) is 14.0. The number of para-hydroxylation sites is 3. The Kier molecular flexibility index (Phi) is 28.9. The molecule has 5 aromatic carbocycles. The standard InChI is InChI=1S/C16H15N6O5P.C16H18N5O6P.3C16H18N5O5P/c1-18-11-4-2-3-10-7-26-28(24,27-13(10)11)9-25-6-5-22-8-19-12-14(22)20-16(17)21-15(12)23;1-24-11-2-3-12-10(6-11)7-26-28(23,27-12)9-25-5-4-21-8-18-13-14(21)19-16(17)20-15(13)22;1-10-2-3-12-11(6-10)7-25-27(23,26-12)9-24-5-4-21-8-18-13-14(21)19-16(17)20-15(13)22;2*1-10-3-2-4-11-7-25-27(23,26-13(10)11)9-24-6-5-21-8-18-12-14(21)19-16(17)20-15(12)22/h2-4,8H,5-7,9H2,(H3,17,20,21,23);2-3,6,8H,4-5,7,9H2,1H3,(H3,17,19,20,22);2-3,6,8H,4-5,7,9H2,1H3,(H3,17,19,20,22);2*2-4,8H,5-7,9H2,1H3,(H3,17,19,20,22). The Morgan fingerprint density at radius 2 is 0.642 bits per heavy atom. The van der Waals surface area contributed by atoms with E-state index in [1.165, 1.54) is 31.6 Å². The lowest BCUT2D eigenvalue weighted by Crippen LogP contribution is -2.15. The number of nitrogens with two attached hydrogens (primary N) is 5. The fourth-order valence-corrected chi connectivity index (χ4v) is 20.8. The van der Waals surface area contributed by atoms with Gasteiger partial charge in [0, 0.05) is 60.5 Å². The molecule has 0 bridgehead atoms. The Balaban J connectivity index is 0.000000124. The van der Waals surface area contributed by atoms with Crippen molar-refractivity contribution in [2.75, 3.05) is 101 Å². The minimum atomic E-state index is -3.54. The molecular weight excluding hydrogens is 1900 g/mol. The van der Waals surface area contributed by atoms with Crippen LogP contribution in [-0.4, -0.2) is 169 Å². The van der Waals surface area contributed by atoms with Gasteiger partial charge in [0.1, 0.15) is 34.5 Å². The van der Waals surface area contributed by atoms with Crippen LogP contribution in [0.1, 0.15) is 44.5 Å². The number of rotatable bonds is 26. The van der Waals surface area contributed by atoms with E-state index in [2.05, 4.69) is 79.6 Å². The van der Waals surface area contributed by atoms with E-state index in [0.29, 0.717) is 95.3 Å². The van der Waals surface area contributed by atoms with Crippen LogP contribution in [0.15, 0.2) is 147 Å². The molecule has 137 heavy (non-hydrogen) atoms. The zero-order valence-electron chi connectivity index (χ0n) is 73.1. The van der Waals surface area contributed by atoms with Crippen molar-refractivity contribution in [1.82, 2.24) is 97.6 Å². The van der Waals surface area contributed by atoms with Gasteiger partial charge in [0.05, 0.1) is 111 Å². The molecular formula is C80H87N26O26P5. The number of hydrogen-bond acceptors (Lipinski definition) is 41. The molecule has 0 amide bonds. The number of H-pyrrole nitrogens is 5. The molecule has 0 saturated heterocycles. The Bertz CT molecular complexity index is 7540. The van der Waals surface area contributed by atoms with Gasteiger partial charge in [-0.1, -0.05) is 72.3 Å². The third-order valence-electron chi connectivity index (χ3n) is 20.6. The molecule has 0 spiro atoms. The quantitative estimate of drug-likeness (QED) is 0.0137. The van der Waals surface area contributed by atoms with Crippen molar-refractivity contribution < 1.29 is 96.5 Å². The number of aromatic amines is 5. The fraction of sp³-hybridized carbons (Fsp3) is 0.300. The van der Waals surface area contributed by atoms with Crippen LogP contribution in [0.5, 0.6) is 34.5 Å². The second kappa shape index (κ2) is 41.2. The van der Waals surface area contributed by atoms with E-state index in [1.807, 2.05) is 69.3 Å². The van der Waals surface area contributed by atoms with E-state index in [0.717, 1.165) is 38.9 Å². The summed E-state index contributed by atoms with van der Waals surface area (Å²) >= 11 is 0. The van der Waals surface area contributed by atoms with Crippen molar-refractivity contribution in [3.63, 3.8) is 0 Å². The molecule has 52 nitrogen and oxygen atoms in total. The predicted octanol–water partition coefficient (Wildman–Crippen LogP) is 8.88. The predicted molar refractivity (Wildman–Crippen MR) is 491 cm³/mol. The number of nitrogen functional groups attached to an aromatic ring is 5. The number of aryl methyl sites for hydroxylation is 3. The molecule has 0 fully saturated rings. The first-order valence-electron chi connectivity index (χ1n) is 41.3. The van der Waals surface area contributed by atoms with E-state index in [-0.39, 0.29) is 167 Å². The maximum atomic E-state index is 12.8. The maximum Gasteiger partial charge on any atom is 0.405 e. The summed E-state index contributed by atoms with van der Waals surface area (Å²) < 4.78 is 159. The second-order valence-corrected chi connectivity index (χ2v) is 40.1. The average molecular weight is 1980 g/mol. The molecule has 5 unspecified atom stereocenters. The Labute approximate surface area is 771 Å². The van der Waals surface area contributed by atoms with Crippen LogP contribution in [0.4, 0.5) is 35.4 Å². The normalized spacial score (nSPS) is 18.8. The molecule has 20 rings (SSSR count). The third-order valence-corrected chi connectivity index (χ3v) is 28.1. The van der Waals surface area contributed by atoms with Crippen molar-refractivity contribution in [3.8, 4) is 34.5 Å². The van der Waals surface area contributed by atoms with Crippen LogP contribution in [-0.2, 0) is 135 Å². The van der Waals surface area contributed by atoms with E-state index < -0.39 is 65.8 Å². The topological polar surface area (TPSA) is 685 Å². The third kappa shape index (κ3) is 22.7. The Hall–Kier alpha value is -14.1. The van der Waals surface area contributed by atoms with E-state index in [1.54, 1.807) is 72.4 Å². The Morgan fingerprint density at radius 1 is 0.365 bits per heavy atom. The summed E-state index contributed by atoms with van der Waals surface area (Å²) in [4.78, 5) is 115. The monoisotopic (exact) mass is 1980 g/mol. The van der Waals surface area contributed by atoms with Gasteiger partial charge in [-0.15, -0.1) is 0 Å². The number of nitrogens with zero attached hydrogens (tertiary/aromatic N) is 16. The van der Waals surface area contributed by atoms with Crippen LogP contribution >= 0.6 is 38.0 Å². The van der Waals surface area contributed by atoms with Gasteiger partial charge in [0.15, 0.2) is 87.6 Å². The van der Waals surface area contributed by atoms with Gasteiger partial charge in [0.25, 0.3) is 27.8 Å². The lowest BCUT2D eigenvalue weighted by Gasteiger charge is -2.26. The van der Waals surface area contributed by atoms with Gasteiger partial charge < -0.3 is 103 Å². The molecule has 10 aromatic heterocycles. The zero-order chi connectivity index (χ0) is 96.5. The molecule has 57 heteroatoms. The number of hydrogen-bond donors (Lipinski definition) is 10. The van der Waals surface area contributed by atoms with Gasteiger partial charge in [-0.3, -0.25) is 71.5 Å². The van der Waals surface area contributed by atoms with Crippen LogP contribution in [0.2, 0.25) is 0 Å². The number of ether oxygens (including phenoxy) is 6. The largest absolute Gasteiger partial charge is 0.497 e. The van der Waals surface area contributed by atoms with Gasteiger partial charge in [0.2, 0.25) is 35.4 Å². The molecule has 0 radical (unpaired) electrons. The van der Waals surface area contributed by atoms with Gasteiger partial charge in [-0.2, -0.15) is 24.9 Å². The summed E-state index contributed by atoms with van der Waals surface area (Å²) in [5, 5.41) is 0. The summed E-state index contributed by atoms with van der Waals surface area (Å²) in [6, 6.07) is 27.2. The molecule has 5 atom stereocenters. The van der Waals surface area contributed by atoms with Crippen LogP contribution < -0.4 is 83.8 Å². The van der Waals surface area contributed by atoms with Crippen molar-refractivity contribution >= 4 is 129 Å². The lowest BCUT2D eigenvalue weighted by molar-refractivity contribution is 0.132. The number of fused-ring (bicyclic) bond motifs is 10. The molecule has 5 aliphatic heterocycles. The van der Waals surface area contributed by atoms with E-state index >= 15 is 0 Å². The SMILES string of the molecule is COc1ccc2c(c1)COP(=O)(COCCn1cnc3c(=O)[nH]c(N)nc31)O2.Cc1ccc2c(c1)COP(=O)(COCCn1cnc3c(=O)[nH]c(N)nc31)O2.Cc1cccc2c1OP(=O)(COCCn1cnc3c(=O)[nH]c(N)nc31)OC2.Cc1cccc2c1OP(=O)(COCCn1cnc3c(=O)[nH]c(N)nc31)OC2.[C-]#[N+]c1cccc2c1OP(=O)(COCCn1cnc3c(=O)[nH]c(N)nc31)OC2. The van der Waals surface area contributed by atoms with Gasteiger partial charge >= 0.3 is 38.0 Å². The van der Waals surface area contributed by atoms with Crippen LogP contribution in [0, 0.1) is 27.3 Å². The Morgan fingerprint density at radius 3 is 0.956 bits per heavy atom. The average Bonchev–Trinajstić information content (AvgIpc) is 1.29. The highest BCUT2D eigenvalue weighted by Crippen LogP contribution is 2.59. The number of aromatic nitrogens is 20. The summed E-state index contributed by atoms with van der Waals surface area (Å²) in [5.41, 5.74) is 35.6. The highest BCUT2D eigenvalue weighted by Gasteiger charge is 2.39. The number of nitrogens with one attached hydrogen (secondary N) is 5. The first kappa shape index (κ1) is 96.0. The molecule has 15 heterocycles. The summed E-state index contributed by atoms with van der Waals surface area (Å²) in [6.07, 6.45) is 6.33. The van der Waals surface area contributed by atoms with Crippen molar-refractivity contribution in [1.29, 1.82) is 0 Å². The van der Waals surface area contributed by atoms with Crippen molar-refractivity contribution in [2.24, 2.45) is 0 Å². The molecule has 0 aliphatic carbocycles. The molecule has 15 aromatic rings. The minimum Gasteiger partial charge on any atom is -0.497 e. The van der Waals surface area contributed by atoms with Gasteiger partial charge in [-0.25, -0.2) is 52.6 Å². The first-order valence-corrected chi connectivity index (χ1v) is 49.9. The number of methoxy groups -OCH3 is 1. The van der Waals surface area contributed by atoms with Gasteiger partial charge in [-0.05, 0) is 56.2 Å². The van der Waals surface area contributed by atoms with Crippen molar-refractivity contribution in [2.45, 2.75) is 86.5 Å². The molecule has 5 aliphatic rings. The van der Waals surface area contributed by atoms with E-state index in [4.69, 9.17) is 109 Å². The second-order valence-electron chi connectivity index (χ2n) is 30.5. The van der Waals surface area contributed by atoms with Crippen molar-refractivity contribution in [3.05, 3.63) is 230 Å². The first-order chi connectivity index (χ1) is 65.8. The maximum absolute atomic E-state index is 12.8. The highest BCUT2D eigenvalue weighted by atomic mass is 31.2. The minimum absolute atomic E-state index is 0.00362. The zero-order valence-corrected chi connectivity index (χ0v) is 77.6. The van der Waals surface area contributed by atoms with Crippen LogP contribution in [0.3, 0.4) is 0 Å². The summed E-state index contributed by atoms with van der Waals surface area (Å²) in [5.74, 6) is 3.19. The summed E-state index contributed by atoms with van der Waals surface area (Å²) in [6.45, 7) is 16.4. The molecule has 718 valence electrons. The van der Waals surface area contributed by atoms with Crippen LogP contribution in [0.25, 0.3) is 60.7 Å².